The molecule has 0 aliphatic carbocycles. The number of nitrogens with one attached hydrogen (secondary N) is 1. The van der Waals surface area contributed by atoms with Crippen LogP contribution in [0.3, 0.4) is 0 Å². The highest BCUT2D eigenvalue weighted by atomic mass is 35.5. The van der Waals surface area contributed by atoms with Crippen molar-refractivity contribution in [3.63, 3.8) is 0 Å². The first-order valence-electron chi connectivity index (χ1n) is 10.7. The van der Waals surface area contributed by atoms with Gasteiger partial charge in [-0.05, 0) is 49.6 Å². The molecule has 11 heteroatoms. The van der Waals surface area contributed by atoms with Crippen molar-refractivity contribution in [2.75, 3.05) is 25.5 Å². The number of hydrogen-bond acceptors (Lipinski definition) is 7. The highest BCUT2D eigenvalue weighted by molar-refractivity contribution is 7.89. The van der Waals surface area contributed by atoms with E-state index in [1.807, 2.05) is 0 Å². The minimum absolute atomic E-state index is 0.191. The van der Waals surface area contributed by atoms with Gasteiger partial charge in [0.2, 0.25) is 27.6 Å². The summed E-state index contributed by atoms with van der Waals surface area (Å²) in [5.41, 5.74) is 1.67. The van der Waals surface area contributed by atoms with E-state index in [2.05, 4.69) is 15.5 Å². The lowest BCUT2D eigenvalue weighted by atomic mass is 9.97. The molecular formula is C23H25ClN4O5S. The molecule has 0 spiro atoms. The van der Waals surface area contributed by atoms with Crippen LogP contribution in [0.4, 0.5) is 5.69 Å². The van der Waals surface area contributed by atoms with Gasteiger partial charge in [-0.25, -0.2) is 8.42 Å². The van der Waals surface area contributed by atoms with Gasteiger partial charge in [-0.15, -0.1) is 0 Å². The fourth-order valence-electron chi connectivity index (χ4n) is 3.94. The van der Waals surface area contributed by atoms with Crippen LogP contribution in [0.2, 0.25) is 5.02 Å². The summed E-state index contributed by atoms with van der Waals surface area (Å²) >= 11 is 6.04. The van der Waals surface area contributed by atoms with Crippen LogP contribution < -0.4 is 10.1 Å². The Balaban J connectivity index is 1.47. The molecule has 0 atom stereocenters. The summed E-state index contributed by atoms with van der Waals surface area (Å²) in [4.78, 5) is 17.2. The molecule has 180 valence electrons. The van der Waals surface area contributed by atoms with Gasteiger partial charge in [0.15, 0.2) is 0 Å². The number of carbonyl (C=O) groups excluding carboxylic acids is 1. The molecule has 0 saturated carbocycles. The molecule has 1 aromatic heterocycles. The van der Waals surface area contributed by atoms with Crippen molar-refractivity contribution in [3.05, 3.63) is 52.9 Å². The number of amides is 1. The van der Waals surface area contributed by atoms with Gasteiger partial charge in [0.1, 0.15) is 5.75 Å². The third-order valence-corrected chi connectivity index (χ3v) is 8.11. The zero-order valence-corrected chi connectivity index (χ0v) is 20.6. The monoisotopic (exact) mass is 504 g/mol. The van der Waals surface area contributed by atoms with Gasteiger partial charge in [-0.2, -0.15) is 9.29 Å². The number of halogens is 1. The summed E-state index contributed by atoms with van der Waals surface area (Å²) in [5.74, 6) is 0.717. The van der Waals surface area contributed by atoms with E-state index >= 15 is 0 Å². The molecule has 1 saturated heterocycles. The van der Waals surface area contributed by atoms with E-state index in [0.717, 1.165) is 0 Å². The maximum Gasteiger partial charge on any atom is 0.243 e. The Kier molecular flexibility index (Phi) is 6.92. The average Bonchev–Trinajstić information content (AvgIpc) is 3.25. The number of aromatic nitrogens is 2. The number of nitrogens with zero attached hydrogens (tertiary/aromatic N) is 3. The van der Waals surface area contributed by atoms with Crippen molar-refractivity contribution in [1.82, 2.24) is 14.4 Å². The highest BCUT2D eigenvalue weighted by Crippen LogP contribution is 2.31. The Morgan fingerprint density at radius 2 is 1.91 bits per heavy atom. The van der Waals surface area contributed by atoms with Crippen LogP contribution in [0.15, 0.2) is 45.8 Å². The lowest BCUT2D eigenvalue weighted by molar-refractivity contribution is -0.120. The average molecular weight is 505 g/mol. The molecule has 2 heterocycles. The Morgan fingerprint density at radius 1 is 1.18 bits per heavy atom. The second-order valence-electron chi connectivity index (χ2n) is 8.13. The van der Waals surface area contributed by atoms with Gasteiger partial charge in [0.25, 0.3) is 0 Å². The largest absolute Gasteiger partial charge is 0.495 e. The third kappa shape index (κ3) is 4.94. The summed E-state index contributed by atoms with van der Waals surface area (Å²) in [6.07, 6.45) is 0.799. The van der Waals surface area contributed by atoms with Crippen LogP contribution in [0.1, 0.15) is 24.3 Å². The predicted octanol–water partition coefficient (Wildman–Crippen LogP) is 4.05. The third-order valence-electron chi connectivity index (χ3n) is 5.84. The van der Waals surface area contributed by atoms with Gasteiger partial charge >= 0.3 is 0 Å². The van der Waals surface area contributed by atoms with E-state index < -0.39 is 10.0 Å². The summed E-state index contributed by atoms with van der Waals surface area (Å²) in [6, 6.07) is 10.0. The van der Waals surface area contributed by atoms with Crippen LogP contribution in [-0.2, 0) is 14.8 Å². The molecule has 3 aromatic rings. The Labute approximate surface area is 203 Å². The molecule has 4 rings (SSSR count). The maximum atomic E-state index is 13.4. The predicted molar refractivity (Wildman–Crippen MR) is 127 cm³/mol. The van der Waals surface area contributed by atoms with E-state index in [-0.39, 0.29) is 29.8 Å². The Morgan fingerprint density at radius 3 is 2.56 bits per heavy atom. The number of hydrogen-bond donors (Lipinski definition) is 1. The normalized spacial score (nSPS) is 15.3. The molecule has 0 bridgehead atoms. The number of methoxy groups -OCH3 is 1. The fraction of sp³-hybridized carbons (Fsp3) is 0.348. The van der Waals surface area contributed by atoms with Gasteiger partial charge in [-0.3, -0.25) is 4.79 Å². The second-order valence-corrected chi connectivity index (χ2v) is 10.5. The van der Waals surface area contributed by atoms with Crippen molar-refractivity contribution >= 4 is 33.2 Å². The second kappa shape index (κ2) is 9.73. The van der Waals surface area contributed by atoms with E-state index in [4.69, 9.17) is 20.9 Å². The number of carbonyl (C=O) groups is 1. The number of piperidine rings is 1. The van der Waals surface area contributed by atoms with Gasteiger partial charge in [0, 0.05) is 36.5 Å². The highest BCUT2D eigenvalue weighted by Gasteiger charge is 2.33. The van der Waals surface area contributed by atoms with Crippen LogP contribution in [0, 0.1) is 19.8 Å². The molecule has 9 nitrogen and oxygen atoms in total. The SMILES string of the molecule is COc1ccc(Cl)cc1NC(=O)C1CCN(S(=O)(=O)c2cc(-c3noc(C)n3)ccc2C)CC1. The van der Waals surface area contributed by atoms with E-state index in [0.29, 0.717) is 52.1 Å². The first-order chi connectivity index (χ1) is 16.2. The summed E-state index contributed by atoms with van der Waals surface area (Å²) in [7, 11) is -2.25. The molecule has 34 heavy (non-hydrogen) atoms. The van der Waals surface area contributed by atoms with Crippen molar-refractivity contribution in [2.45, 2.75) is 31.6 Å². The molecule has 2 aromatic carbocycles. The van der Waals surface area contributed by atoms with Gasteiger partial charge in [-0.1, -0.05) is 28.9 Å². The van der Waals surface area contributed by atoms with Gasteiger partial charge < -0.3 is 14.6 Å². The lowest BCUT2D eigenvalue weighted by Gasteiger charge is -2.31. The van der Waals surface area contributed by atoms with E-state index in [1.165, 1.54) is 11.4 Å². The van der Waals surface area contributed by atoms with Crippen LogP contribution in [-0.4, -0.2) is 49.0 Å². The lowest BCUT2D eigenvalue weighted by Crippen LogP contribution is -2.41. The summed E-state index contributed by atoms with van der Waals surface area (Å²) in [5, 5.41) is 7.21. The molecule has 1 N–H and O–H groups in total. The minimum atomic E-state index is -3.76. The number of benzene rings is 2. The summed E-state index contributed by atoms with van der Waals surface area (Å²) in [6.45, 7) is 3.89. The number of rotatable bonds is 6. The van der Waals surface area contributed by atoms with Crippen LogP contribution >= 0.6 is 11.6 Å². The minimum Gasteiger partial charge on any atom is -0.495 e. The number of aryl methyl sites for hydroxylation is 2. The maximum absolute atomic E-state index is 13.4. The first kappa shape index (κ1) is 24.2. The molecule has 1 aliphatic rings. The van der Waals surface area contributed by atoms with Crippen molar-refractivity contribution in [3.8, 4) is 17.1 Å². The quantitative estimate of drug-likeness (QED) is 0.538. The topological polar surface area (TPSA) is 115 Å². The molecule has 0 radical (unpaired) electrons. The summed E-state index contributed by atoms with van der Waals surface area (Å²) < 4.78 is 38.5. The molecule has 1 amide bonds. The molecule has 1 fully saturated rings. The molecule has 0 unspecified atom stereocenters. The number of anilines is 1. The van der Waals surface area contributed by atoms with Crippen molar-refractivity contribution in [1.29, 1.82) is 0 Å². The molecular weight excluding hydrogens is 480 g/mol. The number of ether oxygens (including phenoxy) is 1. The Hall–Kier alpha value is -2.95. The van der Waals surface area contributed by atoms with E-state index in [1.54, 1.807) is 50.2 Å². The molecule has 1 aliphatic heterocycles. The van der Waals surface area contributed by atoms with Crippen molar-refractivity contribution < 1.29 is 22.5 Å². The van der Waals surface area contributed by atoms with E-state index in [9.17, 15) is 13.2 Å². The fourth-order valence-corrected chi connectivity index (χ4v) is 5.84. The standard InChI is InChI=1S/C23H25ClN4O5S/c1-14-4-5-17(22-25-15(2)33-27-22)12-21(14)34(30,31)28-10-8-16(9-11-28)23(29)26-19-13-18(24)6-7-20(19)32-3/h4-7,12-13,16H,8-11H2,1-3H3,(H,26,29). The smallest absolute Gasteiger partial charge is 0.243 e. The van der Waals surface area contributed by atoms with Crippen LogP contribution in [0.5, 0.6) is 5.75 Å². The van der Waals surface area contributed by atoms with Crippen molar-refractivity contribution in [2.24, 2.45) is 5.92 Å². The van der Waals surface area contributed by atoms with Gasteiger partial charge in [0.05, 0.1) is 17.7 Å². The van der Waals surface area contributed by atoms with Crippen LogP contribution in [0.25, 0.3) is 11.4 Å². The zero-order valence-electron chi connectivity index (χ0n) is 19.0. The first-order valence-corrected chi connectivity index (χ1v) is 12.6. The number of sulfonamides is 1. The zero-order chi connectivity index (χ0) is 24.5. The Bertz CT molecular complexity index is 1320.